The number of pyridine rings is 1. The van der Waals surface area contributed by atoms with Crippen molar-refractivity contribution in [3.05, 3.63) is 23.4 Å². The second-order valence-corrected chi connectivity index (χ2v) is 2.98. The van der Waals surface area contributed by atoms with E-state index in [1.54, 1.807) is 0 Å². The lowest BCUT2D eigenvalue weighted by Gasteiger charge is -2.05. The minimum atomic E-state index is 0.157. The van der Waals surface area contributed by atoms with Crippen molar-refractivity contribution in [2.75, 3.05) is 18.5 Å². The number of hydrogen-bond donors (Lipinski definition) is 2. The van der Waals surface area contributed by atoms with Crippen LogP contribution in [-0.4, -0.2) is 23.2 Å². The van der Waals surface area contributed by atoms with Crippen LogP contribution in [0.25, 0.3) is 0 Å². The fourth-order valence-electron chi connectivity index (χ4n) is 1.04. The van der Waals surface area contributed by atoms with E-state index < -0.39 is 0 Å². The summed E-state index contributed by atoms with van der Waals surface area (Å²) in [5.74, 6) is 0.681. The lowest BCUT2D eigenvalue weighted by atomic mass is 10.2. The molecule has 0 spiro atoms. The SMILES string of the molecule is Cc1ccc(NCCCO)nc1C#N. The van der Waals surface area contributed by atoms with Gasteiger partial charge in [-0.25, -0.2) is 4.98 Å². The van der Waals surface area contributed by atoms with Crippen molar-refractivity contribution in [2.45, 2.75) is 13.3 Å². The molecule has 0 saturated heterocycles. The fourth-order valence-corrected chi connectivity index (χ4v) is 1.04. The summed E-state index contributed by atoms with van der Waals surface area (Å²) in [5, 5.41) is 20.3. The minimum absolute atomic E-state index is 0.157. The van der Waals surface area contributed by atoms with Crippen LogP contribution in [0, 0.1) is 18.3 Å². The van der Waals surface area contributed by atoms with Crippen LogP contribution in [0.1, 0.15) is 17.7 Å². The summed E-state index contributed by atoms with van der Waals surface area (Å²) in [7, 11) is 0. The Hall–Kier alpha value is -1.60. The Morgan fingerprint density at radius 1 is 1.57 bits per heavy atom. The van der Waals surface area contributed by atoms with Crippen LogP contribution in [0.2, 0.25) is 0 Å². The highest BCUT2D eigenvalue weighted by Gasteiger charge is 1.99. The van der Waals surface area contributed by atoms with Crippen LogP contribution in [-0.2, 0) is 0 Å². The van der Waals surface area contributed by atoms with E-state index in [1.807, 2.05) is 25.1 Å². The van der Waals surface area contributed by atoms with Gasteiger partial charge in [-0.2, -0.15) is 5.26 Å². The molecule has 1 heterocycles. The first-order valence-corrected chi connectivity index (χ1v) is 4.50. The average Bonchev–Trinajstić information content (AvgIpc) is 2.21. The van der Waals surface area contributed by atoms with Crippen molar-refractivity contribution in [1.29, 1.82) is 5.26 Å². The largest absolute Gasteiger partial charge is 0.396 e. The Kier molecular flexibility index (Phi) is 3.89. The number of aryl methyl sites for hydroxylation is 1. The van der Waals surface area contributed by atoms with Gasteiger partial charge in [0.15, 0.2) is 0 Å². The zero-order valence-electron chi connectivity index (χ0n) is 8.12. The smallest absolute Gasteiger partial charge is 0.145 e. The summed E-state index contributed by atoms with van der Waals surface area (Å²) in [5.41, 5.74) is 1.32. The van der Waals surface area contributed by atoms with Crippen molar-refractivity contribution in [3.8, 4) is 6.07 Å². The van der Waals surface area contributed by atoms with Gasteiger partial charge in [0, 0.05) is 13.2 Å². The molecule has 0 fully saturated rings. The third-order valence-electron chi connectivity index (χ3n) is 1.84. The summed E-state index contributed by atoms with van der Waals surface area (Å²) in [6.45, 7) is 2.67. The maximum absolute atomic E-state index is 8.73. The van der Waals surface area contributed by atoms with Gasteiger partial charge in [-0.05, 0) is 25.0 Å². The molecular formula is C10H13N3O. The molecule has 0 aliphatic rings. The van der Waals surface area contributed by atoms with Gasteiger partial charge in [-0.3, -0.25) is 0 Å². The molecule has 0 aliphatic carbocycles. The number of aliphatic hydroxyl groups is 1. The normalized spacial score (nSPS) is 9.50. The topological polar surface area (TPSA) is 68.9 Å². The molecule has 0 amide bonds. The minimum Gasteiger partial charge on any atom is -0.396 e. The lowest BCUT2D eigenvalue weighted by molar-refractivity contribution is 0.292. The molecule has 0 aromatic carbocycles. The molecule has 4 nitrogen and oxygen atoms in total. The Bertz CT molecular complexity index is 344. The maximum atomic E-state index is 8.73. The van der Waals surface area contributed by atoms with E-state index in [9.17, 15) is 0 Å². The maximum Gasteiger partial charge on any atom is 0.145 e. The van der Waals surface area contributed by atoms with Crippen molar-refractivity contribution in [2.24, 2.45) is 0 Å². The summed E-state index contributed by atoms with van der Waals surface area (Å²) in [6, 6.07) is 5.71. The molecule has 1 aromatic heterocycles. The second kappa shape index (κ2) is 5.20. The first kappa shape index (κ1) is 10.5. The Morgan fingerprint density at radius 3 is 3.00 bits per heavy atom. The monoisotopic (exact) mass is 191 g/mol. The van der Waals surface area contributed by atoms with Gasteiger partial charge in [0.25, 0.3) is 0 Å². The number of anilines is 1. The highest BCUT2D eigenvalue weighted by atomic mass is 16.3. The standard InChI is InChI=1S/C10H13N3O/c1-8-3-4-10(12-5-2-6-14)13-9(8)7-11/h3-4,14H,2,5-6H2,1H3,(H,12,13). The quantitative estimate of drug-likeness (QED) is 0.698. The van der Waals surface area contributed by atoms with E-state index in [0.717, 1.165) is 5.56 Å². The molecular weight excluding hydrogens is 178 g/mol. The molecule has 2 N–H and O–H groups in total. The predicted molar refractivity (Wildman–Crippen MR) is 53.9 cm³/mol. The van der Waals surface area contributed by atoms with Gasteiger partial charge >= 0.3 is 0 Å². The zero-order chi connectivity index (χ0) is 10.4. The number of nitriles is 1. The van der Waals surface area contributed by atoms with E-state index in [2.05, 4.69) is 10.3 Å². The molecule has 0 saturated carbocycles. The van der Waals surface area contributed by atoms with E-state index in [1.165, 1.54) is 0 Å². The second-order valence-electron chi connectivity index (χ2n) is 2.98. The van der Waals surface area contributed by atoms with Crippen LogP contribution in [0.5, 0.6) is 0 Å². The number of aliphatic hydroxyl groups excluding tert-OH is 1. The highest BCUT2D eigenvalue weighted by molar-refractivity contribution is 5.42. The van der Waals surface area contributed by atoms with Gasteiger partial charge in [0.05, 0.1) is 0 Å². The van der Waals surface area contributed by atoms with Gasteiger partial charge in [-0.1, -0.05) is 6.07 Å². The highest BCUT2D eigenvalue weighted by Crippen LogP contribution is 2.08. The van der Waals surface area contributed by atoms with Crippen molar-refractivity contribution in [1.82, 2.24) is 4.98 Å². The summed E-state index contributed by atoms with van der Waals surface area (Å²) >= 11 is 0. The van der Waals surface area contributed by atoms with Crippen LogP contribution >= 0.6 is 0 Å². The summed E-state index contributed by atoms with van der Waals surface area (Å²) in [6.07, 6.45) is 0.678. The van der Waals surface area contributed by atoms with Crippen LogP contribution in [0.4, 0.5) is 5.82 Å². The molecule has 0 aliphatic heterocycles. The molecule has 0 unspecified atom stereocenters. The van der Waals surface area contributed by atoms with Crippen LogP contribution in [0.15, 0.2) is 12.1 Å². The molecule has 1 rings (SSSR count). The Balaban J connectivity index is 2.66. The number of hydrogen-bond acceptors (Lipinski definition) is 4. The van der Waals surface area contributed by atoms with Crippen LogP contribution in [0.3, 0.4) is 0 Å². The summed E-state index contributed by atoms with van der Waals surface area (Å²) in [4.78, 5) is 4.11. The van der Waals surface area contributed by atoms with Gasteiger partial charge in [0.2, 0.25) is 0 Å². The number of nitrogens with zero attached hydrogens (tertiary/aromatic N) is 2. The first-order valence-electron chi connectivity index (χ1n) is 4.50. The number of nitrogens with one attached hydrogen (secondary N) is 1. The first-order chi connectivity index (χ1) is 6.77. The molecule has 0 radical (unpaired) electrons. The third-order valence-corrected chi connectivity index (χ3v) is 1.84. The molecule has 0 bridgehead atoms. The van der Waals surface area contributed by atoms with Gasteiger partial charge in [-0.15, -0.1) is 0 Å². The molecule has 1 aromatic rings. The number of rotatable bonds is 4. The molecule has 0 atom stereocenters. The van der Waals surface area contributed by atoms with E-state index in [-0.39, 0.29) is 6.61 Å². The molecule has 4 heteroatoms. The Labute approximate surface area is 83.2 Å². The van der Waals surface area contributed by atoms with Crippen molar-refractivity contribution in [3.63, 3.8) is 0 Å². The van der Waals surface area contributed by atoms with Crippen LogP contribution < -0.4 is 5.32 Å². The van der Waals surface area contributed by atoms with Crippen molar-refractivity contribution >= 4 is 5.82 Å². The number of aromatic nitrogens is 1. The lowest BCUT2D eigenvalue weighted by Crippen LogP contribution is -2.05. The van der Waals surface area contributed by atoms with Gasteiger partial charge in [0.1, 0.15) is 17.6 Å². The fraction of sp³-hybridized carbons (Fsp3) is 0.400. The molecule has 74 valence electrons. The van der Waals surface area contributed by atoms with Crippen molar-refractivity contribution < 1.29 is 5.11 Å². The van der Waals surface area contributed by atoms with E-state index in [0.29, 0.717) is 24.5 Å². The summed E-state index contributed by atoms with van der Waals surface area (Å²) < 4.78 is 0. The third kappa shape index (κ3) is 2.71. The van der Waals surface area contributed by atoms with Gasteiger partial charge < -0.3 is 10.4 Å². The average molecular weight is 191 g/mol. The predicted octanol–water partition coefficient (Wildman–Crippen LogP) is 1.06. The van der Waals surface area contributed by atoms with E-state index in [4.69, 9.17) is 10.4 Å². The van der Waals surface area contributed by atoms with E-state index >= 15 is 0 Å². The zero-order valence-corrected chi connectivity index (χ0v) is 8.12. The Morgan fingerprint density at radius 2 is 2.36 bits per heavy atom. The molecule has 14 heavy (non-hydrogen) atoms.